The molecule has 3 atom stereocenters. The number of benzene rings is 4. The quantitative estimate of drug-likeness (QED) is 0.0198. The molecule has 318 valence electrons. The smallest absolute Gasteiger partial charge is 0.343 e. The third-order valence-corrected chi connectivity index (χ3v) is 9.03. The van der Waals surface area contributed by atoms with E-state index in [-0.39, 0.29) is 32.3 Å². The van der Waals surface area contributed by atoms with E-state index in [1.165, 1.54) is 5.56 Å². The molecule has 4 aromatic carbocycles. The van der Waals surface area contributed by atoms with Gasteiger partial charge in [0.25, 0.3) is 0 Å². The van der Waals surface area contributed by atoms with E-state index in [0.717, 1.165) is 40.7 Å². The van der Waals surface area contributed by atoms with E-state index in [2.05, 4.69) is 45.4 Å². The highest BCUT2D eigenvalue weighted by atomic mass is 16.6. The Morgan fingerprint density at radius 1 is 0.639 bits per heavy atom. The van der Waals surface area contributed by atoms with Gasteiger partial charge in [0.2, 0.25) is 0 Å². The number of rotatable bonds is 21. The third kappa shape index (κ3) is 13.8. The number of hydrogen-bond donors (Lipinski definition) is 0. The van der Waals surface area contributed by atoms with Crippen molar-refractivity contribution in [2.75, 3.05) is 33.5 Å². The van der Waals surface area contributed by atoms with Gasteiger partial charge in [-0.25, -0.2) is 19.2 Å². The van der Waals surface area contributed by atoms with E-state index >= 15 is 0 Å². The molecule has 0 amide bonds. The molecule has 0 N–H and O–H groups in total. The predicted molar refractivity (Wildman–Crippen MR) is 227 cm³/mol. The summed E-state index contributed by atoms with van der Waals surface area (Å²) in [6, 6.07) is 24.8. The van der Waals surface area contributed by atoms with Gasteiger partial charge in [-0.3, -0.25) is 4.79 Å². The van der Waals surface area contributed by atoms with Gasteiger partial charge < -0.3 is 37.9 Å². The SMILES string of the molecule is C=CC(=O)OCC(COc1ccc(C(=O)Oc2ccc3c(c2)C(C)c2cc(OC)ccc2-3)cc1)OC(=C)CC.C=CC(=O)OCC(COc1ccc(C=O)cc1)OC(=O)C=C. The second-order valence-corrected chi connectivity index (χ2v) is 13.2. The van der Waals surface area contributed by atoms with Crippen LogP contribution in [0.4, 0.5) is 0 Å². The van der Waals surface area contributed by atoms with Crippen LogP contribution < -0.4 is 18.9 Å². The Morgan fingerprint density at radius 2 is 1.11 bits per heavy atom. The lowest BCUT2D eigenvalue weighted by Crippen LogP contribution is -2.30. The molecule has 13 heteroatoms. The standard InChI is InChI=1S/C32H32O7.C16H16O6/c1-6-20(3)38-26(19-37-31(33)7-2)18-36-23-10-8-22(9-11-23)32(34)39-25-13-15-28-27-14-12-24(35-5)16-29(27)21(4)30(28)17-25;1-3-15(18)21-11-14(22-16(19)4-2)10-20-13-7-5-12(9-17)6-8-13/h7-17,21,26H,2-3,6,18-19H2,1,4-5H3;3-9,14H,1-2,10-11H2. The molecule has 1 aliphatic rings. The summed E-state index contributed by atoms with van der Waals surface area (Å²) in [5.74, 6) is 0.726. The number of carbonyl (C=O) groups excluding carboxylic acids is 5. The summed E-state index contributed by atoms with van der Waals surface area (Å²) in [6.45, 7) is 17.7. The molecule has 61 heavy (non-hydrogen) atoms. The molecule has 0 saturated heterocycles. The van der Waals surface area contributed by atoms with Crippen LogP contribution in [0.15, 0.2) is 135 Å². The van der Waals surface area contributed by atoms with E-state index in [1.807, 2.05) is 31.2 Å². The van der Waals surface area contributed by atoms with E-state index in [0.29, 0.717) is 46.8 Å². The van der Waals surface area contributed by atoms with Crippen LogP contribution >= 0.6 is 0 Å². The van der Waals surface area contributed by atoms with E-state index in [9.17, 15) is 24.0 Å². The first-order valence-corrected chi connectivity index (χ1v) is 19.1. The van der Waals surface area contributed by atoms with Gasteiger partial charge in [-0.15, -0.1) is 0 Å². The number of aldehydes is 1. The Kier molecular flexibility index (Phi) is 17.6. The average Bonchev–Trinajstić information content (AvgIpc) is 3.57. The number of hydrogen-bond acceptors (Lipinski definition) is 13. The predicted octanol–water partition coefficient (Wildman–Crippen LogP) is 8.17. The number of carbonyl (C=O) groups is 5. The van der Waals surface area contributed by atoms with Gasteiger partial charge in [-0.2, -0.15) is 0 Å². The Hall–Kier alpha value is -7.41. The zero-order valence-electron chi connectivity index (χ0n) is 34.3. The molecule has 0 saturated carbocycles. The van der Waals surface area contributed by atoms with Crippen molar-refractivity contribution < 1.29 is 61.9 Å². The second kappa shape index (κ2) is 23.2. The minimum Gasteiger partial charge on any atom is -0.497 e. The zero-order valence-corrected chi connectivity index (χ0v) is 34.3. The van der Waals surface area contributed by atoms with Gasteiger partial charge in [-0.05, 0) is 95.1 Å². The van der Waals surface area contributed by atoms with Crippen LogP contribution in [0.5, 0.6) is 23.0 Å². The fourth-order valence-corrected chi connectivity index (χ4v) is 5.75. The highest BCUT2D eigenvalue weighted by Gasteiger charge is 2.27. The van der Waals surface area contributed by atoms with Crippen molar-refractivity contribution in [3.63, 3.8) is 0 Å². The summed E-state index contributed by atoms with van der Waals surface area (Å²) < 4.78 is 42.9. The molecule has 13 nitrogen and oxygen atoms in total. The highest BCUT2D eigenvalue weighted by Crippen LogP contribution is 2.47. The maximum atomic E-state index is 12.8. The van der Waals surface area contributed by atoms with Crippen LogP contribution in [-0.2, 0) is 33.3 Å². The minimum atomic E-state index is -0.792. The fraction of sp³-hybridized carbons (Fsp3) is 0.229. The second-order valence-electron chi connectivity index (χ2n) is 13.2. The minimum absolute atomic E-state index is 0.00764. The summed E-state index contributed by atoms with van der Waals surface area (Å²) in [4.78, 5) is 57.1. The first-order valence-electron chi connectivity index (χ1n) is 19.1. The summed E-state index contributed by atoms with van der Waals surface area (Å²) >= 11 is 0. The van der Waals surface area contributed by atoms with E-state index in [4.69, 9.17) is 37.9 Å². The van der Waals surface area contributed by atoms with Crippen molar-refractivity contribution in [3.8, 4) is 34.1 Å². The zero-order chi connectivity index (χ0) is 44.3. The van der Waals surface area contributed by atoms with Crippen LogP contribution in [0.25, 0.3) is 11.1 Å². The Balaban J connectivity index is 0.000000317. The molecule has 0 aromatic heterocycles. The highest BCUT2D eigenvalue weighted by molar-refractivity contribution is 5.91. The lowest BCUT2D eigenvalue weighted by Gasteiger charge is -2.20. The van der Waals surface area contributed by atoms with Crippen molar-refractivity contribution in [1.29, 1.82) is 0 Å². The molecule has 0 radical (unpaired) electrons. The lowest BCUT2D eigenvalue weighted by molar-refractivity contribution is -0.154. The normalized spacial score (nSPS) is 12.8. The van der Waals surface area contributed by atoms with Gasteiger partial charge in [0, 0.05) is 36.1 Å². The van der Waals surface area contributed by atoms with Crippen molar-refractivity contribution in [2.45, 2.75) is 38.4 Å². The molecular formula is C48H48O13. The first kappa shape index (κ1) is 46.3. The van der Waals surface area contributed by atoms with E-state index in [1.54, 1.807) is 55.6 Å². The molecule has 5 rings (SSSR count). The maximum Gasteiger partial charge on any atom is 0.343 e. The molecule has 0 fully saturated rings. The molecule has 1 aliphatic carbocycles. The first-order chi connectivity index (χ1) is 29.4. The molecule has 4 aromatic rings. The fourth-order valence-electron chi connectivity index (χ4n) is 5.75. The van der Waals surface area contributed by atoms with Gasteiger partial charge >= 0.3 is 23.9 Å². The number of esters is 4. The number of ether oxygens (including phenoxy) is 8. The number of methoxy groups -OCH3 is 1. The van der Waals surface area contributed by atoms with Crippen molar-refractivity contribution >= 4 is 30.2 Å². The van der Waals surface area contributed by atoms with Crippen LogP contribution in [-0.4, -0.2) is 75.9 Å². The summed E-state index contributed by atoms with van der Waals surface area (Å²) in [6.07, 6.45) is 3.10. The number of fused-ring (bicyclic) bond motifs is 3. The Bertz CT molecular complexity index is 2210. The molecular weight excluding hydrogens is 785 g/mol. The Labute approximate surface area is 354 Å². The van der Waals surface area contributed by atoms with Gasteiger partial charge in [0.1, 0.15) is 55.7 Å². The molecule has 0 heterocycles. The van der Waals surface area contributed by atoms with Gasteiger partial charge in [0.15, 0.2) is 12.2 Å². The summed E-state index contributed by atoms with van der Waals surface area (Å²) in [5, 5.41) is 0. The average molecular weight is 833 g/mol. The maximum absolute atomic E-state index is 12.8. The van der Waals surface area contributed by atoms with Crippen molar-refractivity contribution in [3.05, 3.63) is 157 Å². The monoisotopic (exact) mass is 832 g/mol. The molecule has 3 unspecified atom stereocenters. The topological polar surface area (TPSA) is 159 Å². The summed E-state index contributed by atoms with van der Waals surface area (Å²) in [5.41, 5.74) is 5.49. The van der Waals surface area contributed by atoms with Crippen LogP contribution in [0.3, 0.4) is 0 Å². The Morgan fingerprint density at radius 3 is 1.61 bits per heavy atom. The largest absolute Gasteiger partial charge is 0.497 e. The van der Waals surface area contributed by atoms with Gasteiger partial charge in [-0.1, -0.05) is 52.3 Å². The van der Waals surface area contributed by atoms with Crippen LogP contribution in [0.2, 0.25) is 0 Å². The molecule has 0 bridgehead atoms. The third-order valence-electron chi connectivity index (χ3n) is 9.03. The summed E-state index contributed by atoms with van der Waals surface area (Å²) in [7, 11) is 1.66. The lowest BCUT2D eigenvalue weighted by atomic mass is 9.99. The molecule has 0 spiro atoms. The van der Waals surface area contributed by atoms with Crippen LogP contribution in [0, 0.1) is 0 Å². The van der Waals surface area contributed by atoms with Crippen LogP contribution in [0.1, 0.15) is 58.0 Å². The van der Waals surface area contributed by atoms with E-state index < -0.39 is 36.1 Å². The molecule has 0 aliphatic heterocycles. The van der Waals surface area contributed by atoms with Crippen molar-refractivity contribution in [2.24, 2.45) is 0 Å². The van der Waals surface area contributed by atoms with Crippen molar-refractivity contribution in [1.82, 2.24) is 0 Å². The number of allylic oxidation sites excluding steroid dienone is 1. The van der Waals surface area contributed by atoms with Gasteiger partial charge in [0.05, 0.1) is 18.4 Å².